The Balaban J connectivity index is 1.20. The number of fused-ring (bicyclic) bond motifs is 1. The number of benzene rings is 1. The highest BCUT2D eigenvalue weighted by Gasteiger charge is 2.35. The van der Waals surface area contributed by atoms with Gasteiger partial charge in [0.25, 0.3) is 0 Å². The van der Waals surface area contributed by atoms with Gasteiger partial charge >= 0.3 is 12.2 Å². The number of rotatable bonds is 4. The van der Waals surface area contributed by atoms with E-state index in [1.54, 1.807) is 29.3 Å². The van der Waals surface area contributed by atoms with Crippen molar-refractivity contribution in [2.45, 2.75) is 25.6 Å². The van der Waals surface area contributed by atoms with Crippen LogP contribution in [0.1, 0.15) is 23.1 Å². The maximum atomic E-state index is 13.3. The molecule has 2 aliphatic heterocycles. The number of aromatic nitrogens is 2. The van der Waals surface area contributed by atoms with E-state index in [9.17, 15) is 22.8 Å². The van der Waals surface area contributed by atoms with E-state index in [0.29, 0.717) is 50.7 Å². The monoisotopic (exact) mass is 510 g/mol. The summed E-state index contributed by atoms with van der Waals surface area (Å²) in [5.74, 6) is 0.524. The molecule has 0 bridgehead atoms. The molecule has 192 valence electrons. The maximum Gasteiger partial charge on any atom is 0.417 e. The zero-order chi connectivity index (χ0) is 26.0. The molecule has 0 spiro atoms. The summed E-state index contributed by atoms with van der Waals surface area (Å²) in [5, 5.41) is 5.87. The summed E-state index contributed by atoms with van der Waals surface area (Å²) in [4.78, 5) is 37.3. The standard InChI is InChI=1S/C26H25F3N6O2/c27-26(28,29)19-7-8-23(31-14-19)32-21-5-3-4-17-15-34(13-10-20(17)21)24(36)18-9-12-35(16-18)25(37)33-22-6-1-2-11-30-22/h1-8,11,14,18H,9-10,12-13,15-16H2,(H,31,32)(H,30,33,37). The number of hydrogen-bond donors (Lipinski definition) is 2. The van der Waals surface area contributed by atoms with Crippen LogP contribution in [0.4, 0.5) is 35.3 Å². The van der Waals surface area contributed by atoms with E-state index < -0.39 is 11.7 Å². The second-order valence-corrected chi connectivity index (χ2v) is 9.08. The molecule has 37 heavy (non-hydrogen) atoms. The van der Waals surface area contributed by atoms with Crippen molar-refractivity contribution < 1.29 is 22.8 Å². The first kappa shape index (κ1) is 24.5. The number of carbonyl (C=O) groups excluding carboxylic acids is 2. The van der Waals surface area contributed by atoms with Gasteiger partial charge in [0.05, 0.1) is 11.5 Å². The van der Waals surface area contributed by atoms with Crippen LogP contribution in [0.15, 0.2) is 60.9 Å². The van der Waals surface area contributed by atoms with Crippen molar-refractivity contribution in [3.63, 3.8) is 0 Å². The molecular formula is C26H25F3N6O2. The molecule has 1 atom stereocenters. The normalized spacial score (nSPS) is 17.3. The molecule has 4 heterocycles. The largest absolute Gasteiger partial charge is 0.417 e. The van der Waals surface area contributed by atoms with Crippen LogP contribution in [-0.4, -0.2) is 51.3 Å². The van der Waals surface area contributed by atoms with E-state index in [4.69, 9.17) is 0 Å². The van der Waals surface area contributed by atoms with E-state index in [1.807, 2.05) is 23.1 Å². The van der Waals surface area contributed by atoms with Crippen molar-refractivity contribution >= 4 is 29.3 Å². The number of anilines is 3. The molecule has 11 heteroatoms. The first-order chi connectivity index (χ1) is 17.8. The van der Waals surface area contributed by atoms with Gasteiger partial charge in [-0.25, -0.2) is 14.8 Å². The summed E-state index contributed by atoms with van der Waals surface area (Å²) < 4.78 is 38.5. The van der Waals surface area contributed by atoms with Gasteiger partial charge in [-0.05, 0) is 54.3 Å². The smallest absolute Gasteiger partial charge is 0.340 e. The predicted octanol–water partition coefficient (Wildman–Crippen LogP) is 4.68. The molecular weight excluding hydrogens is 485 g/mol. The Labute approximate surface area is 211 Å². The summed E-state index contributed by atoms with van der Waals surface area (Å²) in [7, 11) is 0. The lowest BCUT2D eigenvalue weighted by Crippen LogP contribution is -2.41. The molecule has 1 saturated heterocycles. The third-order valence-corrected chi connectivity index (χ3v) is 6.66. The molecule has 3 amide bonds. The van der Waals surface area contributed by atoms with Crippen molar-refractivity contribution in [2.24, 2.45) is 5.92 Å². The lowest BCUT2D eigenvalue weighted by molar-refractivity contribution is -0.138. The van der Waals surface area contributed by atoms with Gasteiger partial charge in [0, 0.05) is 44.3 Å². The fraction of sp³-hybridized carbons (Fsp3) is 0.308. The zero-order valence-electron chi connectivity index (χ0n) is 19.8. The van der Waals surface area contributed by atoms with Crippen LogP contribution in [0.2, 0.25) is 0 Å². The van der Waals surface area contributed by atoms with E-state index in [0.717, 1.165) is 29.1 Å². The van der Waals surface area contributed by atoms with Crippen LogP contribution in [0.25, 0.3) is 0 Å². The van der Waals surface area contributed by atoms with E-state index in [-0.39, 0.29) is 17.9 Å². The lowest BCUT2D eigenvalue weighted by Gasteiger charge is -2.32. The minimum atomic E-state index is -4.44. The highest BCUT2D eigenvalue weighted by atomic mass is 19.4. The molecule has 0 aliphatic carbocycles. The number of carbonyl (C=O) groups is 2. The summed E-state index contributed by atoms with van der Waals surface area (Å²) in [6.45, 7) is 1.79. The second-order valence-electron chi connectivity index (χ2n) is 9.08. The molecule has 1 aromatic carbocycles. The minimum Gasteiger partial charge on any atom is -0.340 e. The second kappa shape index (κ2) is 10.1. The Morgan fingerprint density at radius 1 is 0.946 bits per heavy atom. The fourth-order valence-corrected chi connectivity index (χ4v) is 4.72. The molecule has 2 N–H and O–H groups in total. The van der Waals surface area contributed by atoms with Crippen LogP contribution in [0.3, 0.4) is 0 Å². The fourth-order valence-electron chi connectivity index (χ4n) is 4.72. The molecule has 2 aromatic heterocycles. The van der Waals surface area contributed by atoms with Crippen LogP contribution >= 0.6 is 0 Å². The molecule has 2 aliphatic rings. The van der Waals surface area contributed by atoms with Crippen molar-refractivity contribution in [3.05, 3.63) is 77.6 Å². The van der Waals surface area contributed by atoms with Crippen LogP contribution in [0.5, 0.6) is 0 Å². The molecule has 0 saturated carbocycles. The number of urea groups is 1. The third kappa shape index (κ3) is 5.50. The Morgan fingerprint density at radius 2 is 1.81 bits per heavy atom. The summed E-state index contributed by atoms with van der Waals surface area (Å²) >= 11 is 0. The number of halogens is 3. The first-order valence-electron chi connectivity index (χ1n) is 11.9. The van der Waals surface area contributed by atoms with Gasteiger partial charge in [0.2, 0.25) is 5.91 Å². The van der Waals surface area contributed by atoms with Gasteiger partial charge in [-0.15, -0.1) is 0 Å². The van der Waals surface area contributed by atoms with E-state index in [1.165, 1.54) is 6.07 Å². The topological polar surface area (TPSA) is 90.5 Å². The van der Waals surface area contributed by atoms with E-state index >= 15 is 0 Å². The number of nitrogens with zero attached hydrogens (tertiary/aromatic N) is 4. The molecule has 3 aromatic rings. The SMILES string of the molecule is O=C(Nc1ccccn1)N1CCC(C(=O)N2CCc3c(cccc3Nc3ccc(C(F)(F)F)cn3)C2)C1. The Kier molecular flexibility index (Phi) is 6.68. The highest BCUT2D eigenvalue weighted by molar-refractivity contribution is 5.89. The van der Waals surface area contributed by atoms with Crippen molar-refractivity contribution in [3.8, 4) is 0 Å². The Hall–Kier alpha value is -4.15. The molecule has 1 fully saturated rings. The average molecular weight is 511 g/mol. The number of nitrogens with one attached hydrogen (secondary N) is 2. The lowest BCUT2D eigenvalue weighted by atomic mass is 9.96. The van der Waals surface area contributed by atoms with Crippen LogP contribution in [0, 0.1) is 5.92 Å². The van der Waals surface area contributed by atoms with E-state index in [2.05, 4.69) is 20.6 Å². The molecule has 5 rings (SSSR count). The zero-order valence-corrected chi connectivity index (χ0v) is 19.8. The Morgan fingerprint density at radius 3 is 2.54 bits per heavy atom. The number of alkyl halides is 3. The van der Waals surface area contributed by atoms with Gasteiger partial charge in [0.1, 0.15) is 11.6 Å². The van der Waals surface area contributed by atoms with Crippen molar-refractivity contribution in [2.75, 3.05) is 30.3 Å². The first-order valence-corrected chi connectivity index (χ1v) is 11.9. The Bertz CT molecular complexity index is 1280. The maximum absolute atomic E-state index is 13.3. The molecule has 1 unspecified atom stereocenters. The van der Waals surface area contributed by atoms with Crippen LogP contribution in [-0.2, 0) is 23.9 Å². The van der Waals surface area contributed by atoms with Crippen molar-refractivity contribution in [1.29, 1.82) is 0 Å². The van der Waals surface area contributed by atoms with Gasteiger partial charge in [-0.2, -0.15) is 13.2 Å². The minimum absolute atomic E-state index is 0.0153. The summed E-state index contributed by atoms with van der Waals surface area (Å²) in [6.07, 6.45) is -0.839. The third-order valence-electron chi connectivity index (χ3n) is 6.66. The summed E-state index contributed by atoms with van der Waals surface area (Å²) in [5.41, 5.74) is 1.94. The van der Waals surface area contributed by atoms with Crippen molar-refractivity contribution in [1.82, 2.24) is 19.8 Å². The number of pyridine rings is 2. The average Bonchev–Trinajstić information content (AvgIpc) is 3.39. The van der Waals surface area contributed by atoms with Gasteiger partial charge in [0.15, 0.2) is 0 Å². The van der Waals surface area contributed by atoms with Gasteiger partial charge in [-0.3, -0.25) is 10.1 Å². The highest BCUT2D eigenvalue weighted by Crippen LogP contribution is 2.32. The van der Waals surface area contributed by atoms with Gasteiger partial charge in [-0.1, -0.05) is 18.2 Å². The van der Waals surface area contributed by atoms with Crippen LogP contribution < -0.4 is 10.6 Å². The number of likely N-dealkylation sites (tertiary alicyclic amines) is 1. The predicted molar refractivity (Wildman–Crippen MR) is 131 cm³/mol. The quantitative estimate of drug-likeness (QED) is 0.532. The molecule has 8 nitrogen and oxygen atoms in total. The number of amides is 3. The summed E-state index contributed by atoms with van der Waals surface area (Å²) in [6, 6.07) is 12.9. The van der Waals surface area contributed by atoms with Gasteiger partial charge < -0.3 is 15.1 Å². The molecule has 0 radical (unpaired) electrons. The number of hydrogen-bond acceptors (Lipinski definition) is 5.